The topological polar surface area (TPSA) is 173 Å². The van der Waals surface area contributed by atoms with Crippen LogP contribution in [0, 0.1) is 11.3 Å². The first-order valence-electron chi connectivity index (χ1n) is 18.3. The molecule has 5 N–H and O–H groups in total. The Morgan fingerprint density at radius 1 is 0.780 bits per heavy atom. The van der Waals surface area contributed by atoms with E-state index in [4.69, 9.17) is 10.5 Å². The van der Waals surface area contributed by atoms with Crippen LogP contribution >= 0.6 is 0 Å². The van der Waals surface area contributed by atoms with Gasteiger partial charge in [-0.2, -0.15) is 0 Å². The number of nitrogens with two attached hydrogens (primary N) is 1. The van der Waals surface area contributed by atoms with Crippen molar-refractivity contribution >= 4 is 35.2 Å². The minimum atomic E-state index is -1.74. The number of nitrogens with one attached hydrogen (secondary N) is 1. The molecule has 1 atom stereocenters. The number of unbranched alkanes of at least 4 members (excludes halogenated alkanes) is 12. The molecule has 2 aromatic rings. The number of ketones is 1. The summed E-state index contributed by atoms with van der Waals surface area (Å²) in [7, 11) is 0. The number of carbonyl (C=O) groups excluding carboxylic acids is 3. The van der Waals surface area contributed by atoms with Gasteiger partial charge in [0.2, 0.25) is 6.10 Å². The molecule has 2 aromatic carbocycles. The molecule has 0 bridgehead atoms. The van der Waals surface area contributed by atoms with Crippen molar-refractivity contribution in [3.05, 3.63) is 59.2 Å². The highest BCUT2D eigenvalue weighted by atomic mass is 16.5. The summed E-state index contributed by atoms with van der Waals surface area (Å²) in [6, 6.07) is 8.79. The number of carbonyl (C=O) groups is 5. The van der Waals surface area contributed by atoms with Crippen molar-refractivity contribution in [3.8, 4) is 5.75 Å². The Hall–Kier alpha value is -4.21. The number of hydrogen-bond donors (Lipinski definition) is 4. The van der Waals surface area contributed by atoms with Gasteiger partial charge < -0.3 is 26.0 Å². The molecule has 1 saturated carbocycles. The molecule has 0 radical (unpaired) electrons. The van der Waals surface area contributed by atoms with Crippen molar-refractivity contribution in [3.63, 3.8) is 0 Å². The fourth-order valence-corrected chi connectivity index (χ4v) is 5.53. The SMILES string of the molecule is CC(C)(C)C(=O)C(Oc1ccccc1C(N)=O)C(=O)Nc1cc(C(=O)O)cc(C(=O)O)c1.CCCCCCCCCCCCCCCC1CC1. The number of Topliss-reactive ketones (excluding diaryl/α,β-unsaturated/α-hetero) is 1. The smallest absolute Gasteiger partial charge is 0.335 e. The maximum atomic E-state index is 13.0. The second-order valence-electron chi connectivity index (χ2n) is 14.3. The van der Waals surface area contributed by atoms with Crippen LogP contribution in [-0.4, -0.2) is 45.9 Å². The number of aromatic carboxylic acids is 2. The molecule has 0 heterocycles. The van der Waals surface area contributed by atoms with E-state index in [1.165, 1.54) is 127 Å². The highest BCUT2D eigenvalue weighted by Gasteiger charge is 2.37. The van der Waals surface area contributed by atoms with E-state index in [0.29, 0.717) is 0 Å². The zero-order chi connectivity index (χ0) is 37.1. The van der Waals surface area contributed by atoms with Gasteiger partial charge in [-0.25, -0.2) is 9.59 Å². The Labute approximate surface area is 297 Å². The molecule has 1 aliphatic carbocycles. The van der Waals surface area contributed by atoms with Crippen LogP contribution in [0.2, 0.25) is 0 Å². The van der Waals surface area contributed by atoms with Gasteiger partial charge in [-0.15, -0.1) is 0 Å². The lowest BCUT2D eigenvalue weighted by Gasteiger charge is -2.25. The van der Waals surface area contributed by atoms with Gasteiger partial charge >= 0.3 is 11.9 Å². The number of benzene rings is 2. The fourth-order valence-electron chi connectivity index (χ4n) is 5.53. The maximum Gasteiger partial charge on any atom is 0.335 e. The van der Waals surface area contributed by atoms with E-state index in [9.17, 15) is 34.2 Å². The van der Waals surface area contributed by atoms with Gasteiger partial charge in [-0.3, -0.25) is 14.4 Å². The molecule has 0 aliphatic heterocycles. The molecule has 10 nitrogen and oxygen atoms in total. The number of para-hydroxylation sites is 1. The number of amides is 2. The second-order valence-corrected chi connectivity index (χ2v) is 14.3. The highest BCUT2D eigenvalue weighted by Crippen LogP contribution is 2.34. The predicted molar refractivity (Wildman–Crippen MR) is 196 cm³/mol. The van der Waals surface area contributed by atoms with Crippen molar-refractivity contribution in [1.82, 2.24) is 0 Å². The number of carboxylic acid groups (broad SMARTS) is 2. The highest BCUT2D eigenvalue weighted by molar-refractivity contribution is 6.12. The van der Waals surface area contributed by atoms with E-state index in [1.807, 2.05) is 0 Å². The molecule has 1 fully saturated rings. The van der Waals surface area contributed by atoms with E-state index in [-0.39, 0.29) is 28.1 Å². The molecule has 10 heteroatoms. The van der Waals surface area contributed by atoms with E-state index in [2.05, 4.69) is 12.2 Å². The monoisotopic (exact) mass is 694 g/mol. The zero-order valence-corrected chi connectivity index (χ0v) is 30.4. The summed E-state index contributed by atoms with van der Waals surface area (Å²) in [6.45, 7) is 6.98. The molecule has 0 spiro atoms. The van der Waals surface area contributed by atoms with Gasteiger partial charge in [0.15, 0.2) is 5.78 Å². The number of carboxylic acids is 2. The zero-order valence-electron chi connectivity index (χ0n) is 30.4. The lowest BCUT2D eigenvalue weighted by atomic mass is 9.87. The fraction of sp³-hybridized carbons (Fsp3) is 0.575. The first kappa shape index (κ1) is 42.0. The van der Waals surface area contributed by atoms with Crippen molar-refractivity contribution in [2.24, 2.45) is 17.1 Å². The third-order valence-electron chi connectivity index (χ3n) is 8.72. The van der Waals surface area contributed by atoms with Gasteiger partial charge in [0.05, 0.1) is 16.7 Å². The van der Waals surface area contributed by atoms with Crippen LogP contribution in [0.5, 0.6) is 5.75 Å². The van der Waals surface area contributed by atoms with E-state index in [0.717, 1.165) is 24.1 Å². The normalized spacial score (nSPS) is 13.0. The van der Waals surface area contributed by atoms with Crippen molar-refractivity contribution in [2.45, 2.75) is 137 Å². The average molecular weight is 695 g/mol. The maximum absolute atomic E-state index is 13.0. The van der Waals surface area contributed by atoms with Crippen molar-refractivity contribution in [1.29, 1.82) is 0 Å². The van der Waals surface area contributed by atoms with Crippen LogP contribution in [0.1, 0.15) is 162 Å². The summed E-state index contributed by atoms with van der Waals surface area (Å²) >= 11 is 0. The standard InChI is InChI=1S/C22H22N2O8.C18H36/c1-22(2,3)17(25)16(32-15-7-5-4-6-14(15)18(23)26)19(27)24-13-9-11(20(28)29)8-12(10-13)21(30)31;1-2-3-4-5-6-7-8-9-10-11-12-13-14-15-18-16-17-18/h4-10,16H,1-3H3,(H2,23,26)(H,24,27)(H,28,29)(H,30,31);18H,2-17H2,1H3. The Kier molecular flexibility index (Phi) is 18.3. The van der Waals surface area contributed by atoms with Crippen LogP contribution < -0.4 is 15.8 Å². The van der Waals surface area contributed by atoms with Gasteiger partial charge in [0, 0.05) is 11.1 Å². The second kappa shape index (κ2) is 21.8. The van der Waals surface area contributed by atoms with E-state index >= 15 is 0 Å². The molecule has 50 heavy (non-hydrogen) atoms. The van der Waals surface area contributed by atoms with Crippen LogP contribution in [-0.2, 0) is 9.59 Å². The van der Waals surface area contributed by atoms with Crippen LogP contribution in [0.3, 0.4) is 0 Å². The summed E-state index contributed by atoms with van der Waals surface area (Å²) in [4.78, 5) is 60.2. The summed E-state index contributed by atoms with van der Waals surface area (Å²) in [5.41, 5.74) is 3.34. The molecule has 2 amide bonds. The molecule has 276 valence electrons. The predicted octanol–water partition coefficient (Wildman–Crippen LogP) is 9.06. The first-order valence-corrected chi connectivity index (χ1v) is 18.3. The van der Waals surface area contributed by atoms with E-state index in [1.54, 1.807) is 20.8 Å². The lowest BCUT2D eigenvalue weighted by Crippen LogP contribution is -2.45. The quantitative estimate of drug-likeness (QED) is 0.0698. The van der Waals surface area contributed by atoms with Crippen LogP contribution in [0.4, 0.5) is 5.69 Å². The van der Waals surface area contributed by atoms with Gasteiger partial charge in [0.25, 0.3) is 11.8 Å². The van der Waals surface area contributed by atoms with Crippen LogP contribution in [0.15, 0.2) is 42.5 Å². The number of ether oxygens (including phenoxy) is 1. The molecule has 0 saturated heterocycles. The summed E-state index contributed by atoms with van der Waals surface area (Å²) in [5.74, 6) is -4.20. The number of primary amides is 1. The molecule has 3 rings (SSSR count). The Balaban J connectivity index is 0.000000407. The molecule has 1 aliphatic rings. The largest absolute Gasteiger partial charge is 0.478 e. The molecule has 0 aromatic heterocycles. The number of rotatable bonds is 22. The van der Waals surface area contributed by atoms with Gasteiger partial charge in [-0.1, -0.05) is 143 Å². The van der Waals surface area contributed by atoms with Gasteiger partial charge in [0.1, 0.15) is 5.75 Å². The summed E-state index contributed by atoms with van der Waals surface area (Å²) in [5, 5.41) is 20.7. The summed E-state index contributed by atoms with van der Waals surface area (Å²) in [6.07, 6.45) is 22.1. The lowest BCUT2D eigenvalue weighted by molar-refractivity contribution is -0.140. The molecular weight excluding hydrogens is 636 g/mol. The van der Waals surface area contributed by atoms with Crippen LogP contribution in [0.25, 0.3) is 0 Å². The third-order valence-corrected chi connectivity index (χ3v) is 8.72. The number of hydrogen-bond acceptors (Lipinski definition) is 6. The van der Waals surface area contributed by atoms with Gasteiger partial charge in [-0.05, 0) is 36.2 Å². The van der Waals surface area contributed by atoms with Crippen molar-refractivity contribution in [2.75, 3.05) is 5.32 Å². The molecule has 1 unspecified atom stereocenters. The Bertz CT molecular complexity index is 1380. The number of anilines is 1. The third kappa shape index (κ3) is 16.0. The molecular formula is C40H58N2O8. The minimum Gasteiger partial charge on any atom is -0.478 e. The average Bonchev–Trinajstić information content (AvgIpc) is 3.89. The van der Waals surface area contributed by atoms with Crippen molar-refractivity contribution < 1.29 is 38.9 Å². The van der Waals surface area contributed by atoms with E-state index < -0.39 is 41.1 Å². The summed E-state index contributed by atoms with van der Waals surface area (Å²) < 4.78 is 5.59. The minimum absolute atomic E-state index is 0.0481. The Morgan fingerprint density at radius 3 is 1.70 bits per heavy atom. The Morgan fingerprint density at radius 2 is 1.26 bits per heavy atom. The first-order chi connectivity index (χ1) is 23.7.